The fourth-order valence-corrected chi connectivity index (χ4v) is 4.70. The molecular formula is C20H30N6OS. The van der Waals surface area contributed by atoms with Crippen molar-refractivity contribution >= 4 is 34.4 Å². The van der Waals surface area contributed by atoms with E-state index in [9.17, 15) is 4.79 Å². The molecule has 8 heteroatoms. The van der Waals surface area contributed by atoms with Crippen molar-refractivity contribution in [2.45, 2.75) is 46.3 Å². The molecule has 1 aromatic rings. The zero-order valence-electron chi connectivity index (χ0n) is 17.0. The molecule has 1 aromatic carbocycles. The number of hydrogen-bond acceptors (Lipinski definition) is 6. The van der Waals surface area contributed by atoms with Crippen molar-refractivity contribution in [1.82, 2.24) is 15.8 Å². The van der Waals surface area contributed by atoms with Crippen LogP contribution in [-0.2, 0) is 11.2 Å². The number of para-hydroxylation sites is 1. The van der Waals surface area contributed by atoms with Crippen molar-refractivity contribution in [2.75, 3.05) is 23.7 Å². The minimum absolute atomic E-state index is 0.0484. The first-order valence-corrected chi connectivity index (χ1v) is 11.0. The molecule has 0 aliphatic carbocycles. The summed E-state index contributed by atoms with van der Waals surface area (Å²) in [6.45, 7) is 9.56. The second-order valence-corrected chi connectivity index (χ2v) is 7.96. The summed E-state index contributed by atoms with van der Waals surface area (Å²) in [6, 6.07) is 8.25. The molecule has 3 atom stereocenters. The Hall–Kier alpha value is -1.90. The zero-order chi connectivity index (χ0) is 20.3. The fourth-order valence-electron chi connectivity index (χ4n) is 3.75. The first-order valence-electron chi connectivity index (χ1n) is 9.97. The summed E-state index contributed by atoms with van der Waals surface area (Å²) >= 11 is 1.42. The molecule has 28 heavy (non-hydrogen) atoms. The number of benzene rings is 1. The summed E-state index contributed by atoms with van der Waals surface area (Å²) in [5, 5.41) is 9.65. The van der Waals surface area contributed by atoms with E-state index in [2.05, 4.69) is 30.8 Å². The number of rotatable bonds is 6. The predicted octanol–water partition coefficient (Wildman–Crippen LogP) is 2.44. The molecule has 2 aliphatic rings. The maximum atomic E-state index is 12.5. The lowest BCUT2D eigenvalue weighted by atomic mass is 9.96. The van der Waals surface area contributed by atoms with Crippen LogP contribution in [0.5, 0.6) is 0 Å². The maximum absolute atomic E-state index is 12.5. The summed E-state index contributed by atoms with van der Waals surface area (Å²) in [5.41, 5.74) is 8.54. The van der Waals surface area contributed by atoms with E-state index < -0.39 is 0 Å². The van der Waals surface area contributed by atoms with E-state index in [4.69, 9.17) is 10.4 Å². The predicted molar refractivity (Wildman–Crippen MR) is 117 cm³/mol. The number of carbonyl (C=O) groups excluding carboxylic acids is 1. The monoisotopic (exact) mass is 402 g/mol. The highest BCUT2D eigenvalue weighted by Crippen LogP contribution is 2.33. The van der Waals surface area contributed by atoms with Crippen LogP contribution in [0.3, 0.4) is 0 Å². The van der Waals surface area contributed by atoms with Gasteiger partial charge in [0.1, 0.15) is 12.0 Å². The Morgan fingerprint density at radius 1 is 1.25 bits per heavy atom. The van der Waals surface area contributed by atoms with E-state index in [0.29, 0.717) is 29.8 Å². The highest BCUT2D eigenvalue weighted by Gasteiger charge is 2.44. The number of fused-ring (bicyclic) bond motifs is 1. The Balaban J connectivity index is 1.93. The molecule has 1 saturated heterocycles. The molecule has 0 bridgehead atoms. The first-order chi connectivity index (χ1) is 13.5. The lowest BCUT2D eigenvalue weighted by Crippen LogP contribution is -2.50. The summed E-state index contributed by atoms with van der Waals surface area (Å²) in [7, 11) is 0. The zero-order valence-corrected chi connectivity index (χ0v) is 17.8. The van der Waals surface area contributed by atoms with Gasteiger partial charge in [0.15, 0.2) is 5.17 Å². The van der Waals surface area contributed by atoms with Crippen molar-refractivity contribution < 1.29 is 4.79 Å². The van der Waals surface area contributed by atoms with Crippen molar-refractivity contribution in [1.29, 1.82) is 5.41 Å². The average molecular weight is 403 g/mol. The smallest absolute Gasteiger partial charge is 0.233 e. The maximum Gasteiger partial charge on any atom is 0.233 e. The molecule has 7 nitrogen and oxygen atoms in total. The van der Waals surface area contributed by atoms with Crippen LogP contribution in [-0.4, -0.2) is 52.9 Å². The van der Waals surface area contributed by atoms with E-state index in [1.807, 2.05) is 41.8 Å². The molecule has 1 fully saturated rings. The van der Waals surface area contributed by atoms with Crippen molar-refractivity contribution in [3.05, 3.63) is 29.8 Å². The summed E-state index contributed by atoms with van der Waals surface area (Å²) in [4.78, 5) is 21.2. The molecule has 3 unspecified atom stereocenters. The number of amides is 1. The summed E-state index contributed by atoms with van der Waals surface area (Å²) in [6.07, 6.45) is 0.690. The highest BCUT2D eigenvalue weighted by molar-refractivity contribution is 8.14. The topological polar surface area (TPSA) is 83.8 Å². The van der Waals surface area contributed by atoms with Crippen LogP contribution in [0.15, 0.2) is 29.3 Å². The normalized spacial score (nSPS) is 24.1. The van der Waals surface area contributed by atoms with Gasteiger partial charge in [-0.3, -0.25) is 20.5 Å². The minimum Gasteiger partial charge on any atom is -0.343 e. The van der Waals surface area contributed by atoms with Crippen molar-refractivity contribution in [3.63, 3.8) is 0 Å². The van der Waals surface area contributed by atoms with E-state index in [-0.39, 0.29) is 24.0 Å². The Morgan fingerprint density at radius 2 is 1.96 bits per heavy atom. The minimum atomic E-state index is -0.182. The van der Waals surface area contributed by atoms with Gasteiger partial charge in [0.25, 0.3) is 0 Å². The first kappa shape index (κ1) is 20.8. The number of aryl methyl sites for hydroxylation is 1. The molecule has 3 N–H and O–H groups in total. The van der Waals surface area contributed by atoms with Gasteiger partial charge in [-0.15, -0.1) is 0 Å². The van der Waals surface area contributed by atoms with E-state index in [0.717, 1.165) is 12.1 Å². The second kappa shape index (κ2) is 9.07. The average Bonchev–Trinajstić information content (AvgIpc) is 3.08. The Labute approximate surface area is 171 Å². The largest absolute Gasteiger partial charge is 0.343 e. The third-order valence-corrected chi connectivity index (χ3v) is 6.33. The van der Waals surface area contributed by atoms with E-state index in [1.165, 1.54) is 17.3 Å². The lowest BCUT2D eigenvalue weighted by molar-refractivity contribution is -0.127. The van der Waals surface area contributed by atoms with Gasteiger partial charge in [-0.05, 0) is 38.8 Å². The summed E-state index contributed by atoms with van der Waals surface area (Å²) in [5.74, 6) is 0.885. The van der Waals surface area contributed by atoms with Gasteiger partial charge in [0.2, 0.25) is 5.91 Å². The number of amidine groups is 2. The van der Waals surface area contributed by atoms with Gasteiger partial charge < -0.3 is 4.90 Å². The van der Waals surface area contributed by atoms with Crippen LogP contribution < -0.4 is 15.8 Å². The molecule has 2 aliphatic heterocycles. The molecule has 0 saturated carbocycles. The lowest BCUT2D eigenvalue weighted by Gasteiger charge is -2.37. The third-order valence-electron chi connectivity index (χ3n) is 5.39. The molecule has 1 amide bonds. The van der Waals surface area contributed by atoms with E-state index in [1.54, 1.807) is 0 Å². The number of hydrogen-bond donors (Lipinski definition) is 3. The number of hydrazine groups is 1. The molecule has 0 aromatic heterocycles. The Bertz CT molecular complexity index is 763. The van der Waals surface area contributed by atoms with Gasteiger partial charge >= 0.3 is 0 Å². The van der Waals surface area contributed by atoms with Gasteiger partial charge in [0, 0.05) is 19.1 Å². The van der Waals surface area contributed by atoms with Gasteiger partial charge in [-0.1, -0.05) is 36.9 Å². The molecule has 0 spiro atoms. The number of aliphatic imine (C=N–C) groups is 1. The van der Waals surface area contributed by atoms with Crippen LogP contribution in [0.1, 0.15) is 33.3 Å². The fraction of sp³-hybridized carbons (Fsp3) is 0.550. The number of carbonyl (C=O) groups is 1. The van der Waals surface area contributed by atoms with Crippen LogP contribution in [0.4, 0.5) is 5.69 Å². The van der Waals surface area contributed by atoms with Gasteiger partial charge in [-0.25, -0.2) is 10.4 Å². The van der Waals surface area contributed by atoms with Gasteiger partial charge in [0.05, 0.1) is 17.4 Å². The second-order valence-electron chi connectivity index (χ2n) is 7.02. The van der Waals surface area contributed by atoms with Crippen LogP contribution >= 0.6 is 11.8 Å². The third kappa shape index (κ3) is 3.94. The van der Waals surface area contributed by atoms with E-state index >= 15 is 0 Å². The number of nitrogens with zero attached hydrogens (tertiary/aromatic N) is 3. The highest BCUT2D eigenvalue weighted by atomic mass is 32.2. The van der Waals surface area contributed by atoms with Crippen LogP contribution in [0, 0.1) is 11.3 Å². The quantitative estimate of drug-likeness (QED) is 0.681. The molecule has 2 heterocycles. The SMILES string of the molecule is CCc1ccccc1N1C(=N)C2C(C)NNC2N=C1SCC(=O)N(CC)CC. The Kier molecular flexibility index (Phi) is 6.74. The molecular weight excluding hydrogens is 372 g/mol. The summed E-state index contributed by atoms with van der Waals surface area (Å²) < 4.78 is 0. The van der Waals surface area contributed by atoms with Crippen molar-refractivity contribution in [3.8, 4) is 0 Å². The molecule has 3 rings (SSSR count). The molecule has 152 valence electrons. The van der Waals surface area contributed by atoms with Crippen LogP contribution in [0.25, 0.3) is 0 Å². The number of anilines is 1. The van der Waals surface area contributed by atoms with Gasteiger partial charge in [-0.2, -0.15) is 0 Å². The van der Waals surface area contributed by atoms with Crippen LogP contribution in [0.2, 0.25) is 0 Å². The Morgan fingerprint density at radius 3 is 2.64 bits per heavy atom. The standard InChI is InChI=1S/C20H30N6OS/c1-5-14-10-8-9-11-15(14)26-18(21)17-13(4)23-24-19(17)22-20(26)28-12-16(27)25(6-2)7-3/h8-11,13,17,19,21,23-24H,5-7,12H2,1-4H3. The number of nitrogens with one attached hydrogen (secondary N) is 3. The number of thioether (sulfide) groups is 1. The molecule has 0 radical (unpaired) electrons. The van der Waals surface area contributed by atoms with Crippen molar-refractivity contribution in [2.24, 2.45) is 10.9 Å².